The maximum absolute atomic E-state index is 12.9. The van der Waals surface area contributed by atoms with Crippen molar-refractivity contribution in [1.82, 2.24) is 9.55 Å². The van der Waals surface area contributed by atoms with E-state index in [1.165, 1.54) is 15.9 Å². The third kappa shape index (κ3) is 2.85. The Morgan fingerprint density at radius 3 is 2.67 bits per heavy atom. The third-order valence-electron chi connectivity index (χ3n) is 3.91. The summed E-state index contributed by atoms with van der Waals surface area (Å²) >= 11 is 13.6. The van der Waals surface area contributed by atoms with Crippen molar-refractivity contribution in [2.75, 3.05) is 6.67 Å². The zero-order chi connectivity index (χ0) is 17.4. The molecular formula is C17H15Cl2FN2OS. The number of benzene rings is 1. The van der Waals surface area contributed by atoms with E-state index in [1.807, 2.05) is 13.0 Å². The predicted octanol–water partition coefficient (Wildman–Crippen LogP) is 5.27. The molecule has 3 aromatic rings. The minimum atomic E-state index is -0.610. The Hall–Kier alpha value is -1.43. The van der Waals surface area contributed by atoms with Gasteiger partial charge in [-0.2, -0.15) is 0 Å². The summed E-state index contributed by atoms with van der Waals surface area (Å²) in [5.41, 5.74) is 1.43. The number of rotatable bonds is 4. The molecule has 0 fully saturated rings. The number of halogens is 3. The van der Waals surface area contributed by atoms with Crippen LogP contribution in [-0.4, -0.2) is 16.2 Å². The normalized spacial score (nSPS) is 11.4. The van der Waals surface area contributed by atoms with Gasteiger partial charge in [-0.25, -0.2) is 9.37 Å². The summed E-state index contributed by atoms with van der Waals surface area (Å²) in [5, 5.41) is 1.41. The standard InChI is InChI=1S/C17H15Cl2FN2OS/c1-3-13-14(10-4-5-11(18)12(19)8-10)15-16(24-13)21-9(2)22(7-6-20)17(15)23/h4-5,8H,3,6-7H2,1-2H3. The number of fused-ring (bicyclic) bond motifs is 1. The number of alkyl halides is 1. The Morgan fingerprint density at radius 1 is 1.29 bits per heavy atom. The first kappa shape index (κ1) is 17.4. The van der Waals surface area contributed by atoms with Gasteiger partial charge >= 0.3 is 0 Å². The van der Waals surface area contributed by atoms with Gasteiger partial charge in [0.15, 0.2) is 0 Å². The Labute approximate surface area is 152 Å². The van der Waals surface area contributed by atoms with E-state index in [0.29, 0.717) is 26.1 Å². The van der Waals surface area contributed by atoms with Gasteiger partial charge in [-0.05, 0) is 31.0 Å². The van der Waals surface area contributed by atoms with Crippen LogP contribution in [0.5, 0.6) is 0 Å². The van der Waals surface area contributed by atoms with Crippen LogP contribution in [0.1, 0.15) is 17.6 Å². The highest BCUT2D eigenvalue weighted by atomic mass is 35.5. The molecule has 0 radical (unpaired) electrons. The second-order valence-electron chi connectivity index (χ2n) is 5.37. The van der Waals surface area contributed by atoms with Crippen LogP contribution in [0.2, 0.25) is 10.0 Å². The van der Waals surface area contributed by atoms with Crippen LogP contribution in [0.25, 0.3) is 21.3 Å². The third-order valence-corrected chi connectivity index (χ3v) is 5.88. The summed E-state index contributed by atoms with van der Waals surface area (Å²) in [6.45, 7) is 3.14. The molecule has 0 N–H and O–H groups in total. The Bertz CT molecular complexity index is 981. The number of nitrogens with zero attached hydrogens (tertiary/aromatic N) is 2. The molecule has 2 aromatic heterocycles. The number of hydrogen-bond donors (Lipinski definition) is 0. The van der Waals surface area contributed by atoms with E-state index in [4.69, 9.17) is 23.2 Å². The van der Waals surface area contributed by atoms with Crippen molar-refractivity contribution >= 4 is 44.8 Å². The molecule has 0 unspecified atom stereocenters. The van der Waals surface area contributed by atoms with Crippen molar-refractivity contribution in [2.45, 2.75) is 26.8 Å². The predicted molar refractivity (Wildman–Crippen MR) is 99.4 cm³/mol. The summed E-state index contributed by atoms with van der Waals surface area (Å²) in [7, 11) is 0. The smallest absolute Gasteiger partial charge is 0.262 e. The SMILES string of the molecule is CCc1sc2nc(C)n(CCF)c(=O)c2c1-c1ccc(Cl)c(Cl)c1. The van der Waals surface area contributed by atoms with Crippen LogP contribution in [0.15, 0.2) is 23.0 Å². The lowest BCUT2D eigenvalue weighted by Gasteiger charge is -2.09. The van der Waals surface area contributed by atoms with Crippen LogP contribution in [0.3, 0.4) is 0 Å². The zero-order valence-corrected chi connectivity index (χ0v) is 15.5. The quantitative estimate of drug-likeness (QED) is 0.613. The lowest BCUT2D eigenvalue weighted by molar-refractivity contribution is 0.435. The van der Waals surface area contributed by atoms with Crippen LogP contribution in [-0.2, 0) is 13.0 Å². The summed E-state index contributed by atoms with van der Waals surface area (Å²) in [5.74, 6) is 0.523. The number of hydrogen-bond acceptors (Lipinski definition) is 3. The number of aromatic nitrogens is 2. The summed E-state index contributed by atoms with van der Waals surface area (Å²) < 4.78 is 14.2. The van der Waals surface area contributed by atoms with E-state index in [0.717, 1.165) is 22.4 Å². The lowest BCUT2D eigenvalue weighted by Crippen LogP contribution is -2.24. The van der Waals surface area contributed by atoms with E-state index in [9.17, 15) is 9.18 Å². The minimum absolute atomic E-state index is 0.00568. The van der Waals surface area contributed by atoms with Gasteiger partial charge in [0, 0.05) is 10.4 Å². The monoisotopic (exact) mass is 384 g/mol. The van der Waals surface area contributed by atoms with Crippen LogP contribution >= 0.6 is 34.5 Å². The molecular weight excluding hydrogens is 370 g/mol. The molecule has 0 spiro atoms. The average Bonchev–Trinajstić information content (AvgIpc) is 2.92. The van der Waals surface area contributed by atoms with Crippen molar-refractivity contribution in [2.24, 2.45) is 0 Å². The summed E-state index contributed by atoms with van der Waals surface area (Å²) in [6.07, 6.45) is 0.762. The van der Waals surface area contributed by atoms with Gasteiger partial charge in [-0.1, -0.05) is 36.2 Å². The molecule has 0 bridgehead atoms. The highest BCUT2D eigenvalue weighted by Gasteiger charge is 2.20. The Balaban J connectivity index is 2.39. The molecule has 7 heteroatoms. The maximum Gasteiger partial charge on any atom is 0.262 e. The van der Waals surface area contributed by atoms with Gasteiger partial charge in [-0.15, -0.1) is 11.3 Å². The first-order valence-corrected chi connectivity index (χ1v) is 9.09. The second kappa shape index (κ2) is 6.82. The molecule has 0 saturated heterocycles. The van der Waals surface area contributed by atoms with Crippen LogP contribution in [0, 0.1) is 6.92 Å². The van der Waals surface area contributed by atoms with Crippen molar-refractivity contribution in [3.63, 3.8) is 0 Å². The van der Waals surface area contributed by atoms with E-state index in [-0.39, 0.29) is 12.1 Å². The molecule has 2 heterocycles. The summed E-state index contributed by atoms with van der Waals surface area (Å²) in [6, 6.07) is 5.31. The fourth-order valence-corrected chi connectivity index (χ4v) is 4.25. The molecule has 0 atom stereocenters. The van der Waals surface area contributed by atoms with Crippen molar-refractivity contribution in [3.05, 3.63) is 49.3 Å². The van der Waals surface area contributed by atoms with Gasteiger partial charge in [0.25, 0.3) is 5.56 Å². The molecule has 0 saturated carbocycles. The molecule has 0 aliphatic heterocycles. The van der Waals surface area contributed by atoms with Gasteiger partial charge in [0.05, 0.1) is 22.0 Å². The number of thiophene rings is 1. The van der Waals surface area contributed by atoms with Crippen molar-refractivity contribution in [3.8, 4) is 11.1 Å². The van der Waals surface area contributed by atoms with Gasteiger partial charge < -0.3 is 0 Å². The number of aryl methyl sites for hydroxylation is 2. The molecule has 3 rings (SSSR count). The fraction of sp³-hybridized carbons (Fsp3) is 0.294. The molecule has 24 heavy (non-hydrogen) atoms. The van der Waals surface area contributed by atoms with E-state index < -0.39 is 6.67 Å². The fourth-order valence-electron chi connectivity index (χ4n) is 2.79. The molecule has 126 valence electrons. The van der Waals surface area contributed by atoms with Crippen molar-refractivity contribution in [1.29, 1.82) is 0 Å². The second-order valence-corrected chi connectivity index (χ2v) is 7.27. The first-order valence-electron chi connectivity index (χ1n) is 7.52. The average molecular weight is 385 g/mol. The molecule has 0 aliphatic rings. The van der Waals surface area contributed by atoms with Gasteiger partial charge in [0.1, 0.15) is 17.3 Å². The lowest BCUT2D eigenvalue weighted by atomic mass is 10.0. The van der Waals surface area contributed by atoms with Crippen LogP contribution in [0.4, 0.5) is 4.39 Å². The van der Waals surface area contributed by atoms with E-state index in [1.54, 1.807) is 19.1 Å². The highest BCUT2D eigenvalue weighted by Crippen LogP contribution is 2.38. The Morgan fingerprint density at radius 2 is 2.04 bits per heavy atom. The van der Waals surface area contributed by atoms with Crippen molar-refractivity contribution < 1.29 is 4.39 Å². The molecule has 3 nitrogen and oxygen atoms in total. The summed E-state index contributed by atoms with van der Waals surface area (Å²) in [4.78, 5) is 19.1. The van der Waals surface area contributed by atoms with Gasteiger partial charge in [-0.3, -0.25) is 9.36 Å². The van der Waals surface area contributed by atoms with E-state index in [2.05, 4.69) is 4.98 Å². The highest BCUT2D eigenvalue weighted by molar-refractivity contribution is 7.19. The minimum Gasteiger partial charge on any atom is -0.294 e. The zero-order valence-electron chi connectivity index (χ0n) is 13.2. The largest absolute Gasteiger partial charge is 0.294 e. The van der Waals surface area contributed by atoms with E-state index >= 15 is 0 Å². The molecule has 0 aliphatic carbocycles. The Kier molecular flexibility index (Phi) is 4.95. The first-order chi connectivity index (χ1) is 11.5. The molecule has 1 aromatic carbocycles. The van der Waals surface area contributed by atoms with Gasteiger partial charge in [0.2, 0.25) is 0 Å². The molecule has 0 amide bonds. The van der Waals surface area contributed by atoms with Crippen LogP contribution < -0.4 is 5.56 Å². The topological polar surface area (TPSA) is 34.9 Å². The maximum atomic E-state index is 12.9.